The molecule has 1 unspecified atom stereocenters. The first-order valence-electron chi connectivity index (χ1n) is 8.09. The highest BCUT2D eigenvalue weighted by molar-refractivity contribution is 6.31. The summed E-state index contributed by atoms with van der Waals surface area (Å²) in [5.74, 6) is -0.878. The number of anilines is 1. The molecule has 1 aromatic carbocycles. The van der Waals surface area contributed by atoms with Crippen LogP contribution in [-0.4, -0.2) is 35.4 Å². The van der Waals surface area contributed by atoms with Crippen LogP contribution < -0.4 is 5.32 Å². The van der Waals surface area contributed by atoms with Crippen LogP contribution in [0.15, 0.2) is 30.7 Å². The Bertz CT molecular complexity index is 1050. The fourth-order valence-electron chi connectivity index (χ4n) is 2.56. The number of nitrogens with one attached hydrogen (secondary N) is 1. The molecule has 0 aliphatic carbocycles. The van der Waals surface area contributed by atoms with Crippen molar-refractivity contribution >= 4 is 29.1 Å². The second kappa shape index (κ2) is 7.72. The molecule has 3 aromatic rings. The summed E-state index contributed by atoms with van der Waals surface area (Å²) in [5, 5.41) is 21.7. The Balaban J connectivity index is 1.69. The van der Waals surface area contributed by atoms with Crippen molar-refractivity contribution in [1.82, 2.24) is 24.5 Å². The van der Waals surface area contributed by atoms with Gasteiger partial charge in [0.25, 0.3) is 5.91 Å². The van der Waals surface area contributed by atoms with Crippen molar-refractivity contribution in [3.63, 3.8) is 0 Å². The van der Waals surface area contributed by atoms with Gasteiger partial charge >= 0.3 is 5.69 Å². The molecule has 10 nitrogen and oxygen atoms in total. The SMILES string of the molecule is Cc1c([N+](=O)[O-])cnn1C(C)C(=O)Nc1ncn(Cc2ccc(F)cc2Cl)n1. The Morgan fingerprint density at radius 3 is 2.86 bits per heavy atom. The van der Waals surface area contributed by atoms with Gasteiger partial charge in [0.15, 0.2) is 0 Å². The third-order valence-electron chi connectivity index (χ3n) is 4.08. The molecular weight excluding hydrogens is 393 g/mol. The highest BCUT2D eigenvalue weighted by Crippen LogP contribution is 2.21. The summed E-state index contributed by atoms with van der Waals surface area (Å²) in [6.45, 7) is 3.30. The average molecular weight is 408 g/mol. The molecule has 0 aliphatic heterocycles. The first-order valence-corrected chi connectivity index (χ1v) is 8.46. The number of hydrogen-bond donors (Lipinski definition) is 1. The molecule has 1 N–H and O–H groups in total. The predicted molar refractivity (Wildman–Crippen MR) is 97.5 cm³/mol. The van der Waals surface area contributed by atoms with E-state index >= 15 is 0 Å². The summed E-state index contributed by atoms with van der Waals surface area (Å²) in [7, 11) is 0. The number of amides is 1. The first kappa shape index (κ1) is 19.4. The van der Waals surface area contributed by atoms with Gasteiger partial charge in [0.1, 0.15) is 30.1 Å². The molecule has 0 aliphatic rings. The molecule has 28 heavy (non-hydrogen) atoms. The van der Waals surface area contributed by atoms with Gasteiger partial charge in [-0.1, -0.05) is 17.7 Å². The minimum Gasteiger partial charge on any atom is -0.291 e. The summed E-state index contributed by atoms with van der Waals surface area (Å²) < 4.78 is 15.8. The number of rotatable bonds is 6. The zero-order valence-electron chi connectivity index (χ0n) is 14.8. The zero-order valence-corrected chi connectivity index (χ0v) is 15.6. The minimum absolute atomic E-state index is 0.0504. The largest absolute Gasteiger partial charge is 0.309 e. The van der Waals surface area contributed by atoms with Crippen LogP contribution in [0, 0.1) is 22.9 Å². The summed E-state index contributed by atoms with van der Waals surface area (Å²) in [5.41, 5.74) is 0.731. The maximum absolute atomic E-state index is 13.1. The van der Waals surface area contributed by atoms with Gasteiger partial charge < -0.3 is 0 Å². The van der Waals surface area contributed by atoms with E-state index < -0.39 is 22.7 Å². The van der Waals surface area contributed by atoms with Crippen LogP contribution >= 0.6 is 11.6 Å². The molecule has 1 atom stereocenters. The monoisotopic (exact) mass is 407 g/mol. The number of aromatic nitrogens is 5. The van der Waals surface area contributed by atoms with E-state index in [0.29, 0.717) is 5.56 Å². The fraction of sp³-hybridized carbons (Fsp3) is 0.250. The lowest BCUT2D eigenvalue weighted by Crippen LogP contribution is -2.25. The van der Waals surface area contributed by atoms with Crippen molar-refractivity contribution < 1.29 is 14.1 Å². The topological polar surface area (TPSA) is 121 Å². The predicted octanol–water partition coefficient (Wildman–Crippen LogP) is 2.73. The lowest BCUT2D eigenvalue weighted by atomic mass is 10.2. The number of nitro groups is 1. The van der Waals surface area contributed by atoms with Gasteiger partial charge in [0, 0.05) is 5.02 Å². The number of carbonyl (C=O) groups excluding carboxylic acids is 1. The normalized spacial score (nSPS) is 12.0. The van der Waals surface area contributed by atoms with E-state index in [1.807, 2.05) is 0 Å². The van der Waals surface area contributed by atoms with Crippen LogP contribution in [0.1, 0.15) is 24.2 Å². The van der Waals surface area contributed by atoms with E-state index in [2.05, 4.69) is 20.5 Å². The van der Waals surface area contributed by atoms with Crippen LogP contribution in [0.25, 0.3) is 0 Å². The summed E-state index contributed by atoms with van der Waals surface area (Å²) in [6, 6.07) is 3.21. The molecular formula is C16H15ClFN7O3. The first-order chi connectivity index (χ1) is 13.3. The maximum atomic E-state index is 13.1. The quantitative estimate of drug-likeness (QED) is 0.495. The van der Waals surface area contributed by atoms with Crippen molar-refractivity contribution in [3.8, 4) is 0 Å². The maximum Gasteiger partial charge on any atom is 0.309 e. The third-order valence-corrected chi connectivity index (χ3v) is 4.43. The second-order valence-electron chi connectivity index (χ2n) is 5.98. The van der Waals surface area contributed by atoms with Crippen LogP contribution in [-0.2, 0) is 11.3 Å². The third kappa shape index (κ3) is 3.98. The van der Waals surface area contributed by atoms with Gasteiger partial charge in [-0.15, -0.1) is 5.10 Å². The molecule has 0 spiro atoms. The Kier molecular flexibility index (Phi) is 5.36. The van der Waals surface area contributed by atoms with Crippen molar-refractivity contribution in [1.29, 1.82) is 0 Å². The Labute approximate surface area is 163 Å². The molecule has 0 fully saturated rings. The van der Waals surface area contributed by atoms with Gasteiger partial charge in [0.2, 0.25) is 5.95 Å². The van der Waals surface area contributed by atoms with Crippen molar-refractivity contribution in [2.75, 3.05) is 5.32 Å². The van der Waals surface area contributed by atoms with Crippen LogP contribution in [0.5, 0.6) is 0 Å². The van der Waals surface area contributed by atoms with E-state index in [-0.39, 0.29) is 28.9 Å². The average Bonchev–Trinajstić information content (AvgIpc) is 3.23. The van der Waals surface area contributed by atoms with Gasteiger partial charge in [-0.25, -0.2) is 14.1 Å². The second-order valence-corrected chi connectivity index (χ2v) is 6.39. The number of hydrogen-bond acceptors (Lipinski definition) is 6. The van der Waals surface area contributed by atoms with Gasteiger partial charge in [-0.3, -0.25) is 24.9 Å². The molecule has 2 aromatic heterocycles. The van der Waals surface area contributed by atoms with E-state index in [0.717, 1.165) is 6.20 Å². The smallest absolute Gasteiger partial charge is 0.291 e. The zero-order chi connectivity index (χ0) is 20.4. The number of carbonyl (C=O) groups is 1. The van der Waals surface area contributed by atoms with E-state index in [9.17, 15) is 19.3 Å². The molecule has 12 heteroatoms. The summed E-state index contributed by atoms with van der Waals surface area (Å²) >= 11 is 5.99. The molecule has 0 saturated carbocycles. The van der Waals surface area contributed by atoms with Crippen LogP contribution in [0.4, 0.5) is 16.0 Å². The molecule has 2 heterocycles. The molecule has 3 rings (SSSR count). The summed E-state index contributed by atoms with van der Waals surface area (Å²) in [6.07, 6.45) is 2.49. The van der Waals surface area contributed by atoms with E-state index in [1.54, 1.807) is 6.92 Å². The fourth-order valence-corrected chi connectivity index (χ4v) is 2.79. The van der Waals surface area contributed by atoms with Gasteiger partial charge in [-0.2, -0.15) is 5.10 Å². The van der Waals surface area contributed by atoms with Crippen molar-refractivity contribution in [2.24, 2.45) is 0 Å². The lowest BCUT2D eigenvalue weighted by molar-refractivity contribution is -0.385. The number of halogens is 2. The number of benzene rings is 1. The Hall–Kier alpha value is -3.34. The van der Waals surface area contributed by atoms with Crippen LogP contribution in [0.3, 0.4) is 0 Å². The molecule has 0 saturated heterocycles. The van der Waals surface area contributed by atoms with E-state index in [1.165, 1.54) is 40.8 Å². The standard InChI is InChI=1S/C16H15ClFN7O3/c1-9-14(25(27)28)6-20-24(9)10(2)15(26)21-16-19-8-23(22-16)7-11-3-4-12(18)5-13(11)17/h3-6,8,10H,7H2,1-2H3,(H,21,22,26). The van der Waals surface area contributed by atoms with Gasteiger partial charge in [-0.05, 0) is 31.5 Å². The van der Waals surface area contributed by atoms with Gasteiger partial charge in [0.05, 0.1) is 11.5 Å². The van der Waals surface area contributed by atoms with E-state index in [4.69, 9.17) is 11.6 Å². The summed E-state index contributed by atoms with van der Waals surface area (Å²) in [4.78, 5) is 26.8. The van der Waals surface area contributed by atoms with Crippen molar-refractivity contribution in [2.45, 2.75) is 26.4 Å². The lowest BCUT2D eigenvalue weighted by Gasteiger charge is -2.12. The number of nitrogens with zero attached hydrogens (tertiary/aromatic N) is 6. The molecule has 0 radical (unpaired) electrons. The molecule has 0 bridgehead atoms. The Morgan fingerprint density at radius 2 is 2.21 bits per heavy atom. The van der Waals surface area contributed by atoms with Crippen LogP contribution in [0.2, 0.25) is 5.02 Å². The van der Waals surface area contributed by atoms with Crippen molar-refractivity contribution in [3.05, 3.63) is 62.9 Å². The highest BCUT2D eigenvalue weighted by atomic mass is 35.5. The molecule has 1 amide bonds. The Morgan fingerprint density at radius 1 is 1.46 bits per heavy atom. The molecule has 146 valence electrons. The minimum atomic E-state index is -0.813. The highest BCUT2D eigenvalue weighted by Gasteiger charge is 2.24.